The van der Waals surface area contributed by atoms with Crippen molar-refractivity contribution >= 4 is 11.8 Å². The molecule has 102 valence electrons. The summed E-state index contributed by atoms with van der Waals surface area (Å²) in [6.07, 6.45) is 0. The quantitative estimate of drug-likeness (QED) is 0.855. The van der Waals surface area contributed by atoms with Crippen molar-refractivity contribution in [2.75, 3.05) is 11.5 Å². The van der Waals surface area contributed by atoms with Crippen molar-refractivity contribution in [3.05, 3.63) is 35.4 Å². The average molecular weight is 265 g/mol. The van der Waals surface area contributed by atoms with Gasteiger partial charge in [-0.25, -0.2) is 0 Å². The molecule has 1 nitrogen and oxygen atoms in total. The smallest absolute Gasteiger partial charge is 0.0386 e. The zero-order valence-corrected chi connectivity index (χ0v) is 13.2. The van der Waals surface area contributed by atoms with Crippen molar-refractivity contribution in [2.45, 2.75) is 46.1 Å². The first kappa shape index (κ1) is 15.6. The zero-order valence-electron chi connectivity index (χ0n) is 12.4. The molecule has 0 aliphatic rings. The third-order valence-electron chi connectivity index (χ3n) is 2.95. The van der Waals surface area contributed by atoms with Crippen LogP contribution in [0.15, 0.2) is 24.3 Å². The average Bonchev–Trinajstić information content (AvgIpc) is 2.27. The Morgan fingerprint density at radius 2 is 1.61 bits per heavy atom. The van der Waals surface area contributed by atoms with Gasteiger partial charge >= 0.3 is 0 Å². The van der Waals surface area contributed by atoms with Crippen molar-refractivity contribution in [3.8, 4) is 0 Å². The van der Waals surface area contributed by atoms with Gasteiger partial charge in [0.15, 0.2) is 0 Å². The van der Waals surface area contributed by atoms with E-state index in [1.807, 2.05) is 11.8 Å². The molecule has 1 aromatic rings. The van der Waals surface area contributed by atoms with Crippen LogP contribution in [-0.4, -0.2) is 11.5 Å². The summed E-state index contributed by atoms with van der Waals surface area (Å²) in [6, 6.07) is 8.94. The molecule has 1 aromatic carbocycles. The summed E-state index contributed by atoms with van der Waals surface area (Å²) in [5.74, 6) is 2.94. The van der Waals surface area contributed by atoms with Crippen LogP contribution in [0, 0.1) is 5.92 Å². The second-order valence-corrected chi connectivity index (χ2v) is 7.48. The van der Waals surface area contributed by atoms with E-state index < -0.39 is 0 Å². The molecule has 0 aliphatic heterocycles. The van der Waals surface area contributed by atoms with Crippen LogP contribution in [0.1, 0.15) is 51.8 Å². The normalized spacial score (nSPS) is 13.9. The van der Waals surface area contributed by atoms with Crippen molar-refractivity contribution in [1.29, 1.82) is 0 Å². The van der Waals surface area contributed by atoms with E-state index in [1.165, 1.54) is 16.9 Å². The third-order valence-corrected chi connectivity index (χ3v) is 4.45. The maximum absolute atomic E-state index is 6.22. The second kappa shape index (κ2) is 6.63. The molecule has 1 rings (SSSR count). The van der Waals surface area contributed by atoms with E-state index in [-0.39, 0.29) is 11.5 Å². The van der Waals surface area contributed by atoms with Crippen molar-refractivity contribution in [3.63, 3.8) is 0 Å². The standard InChI is InChI=1S/C16H27NS/c1-12(2)10-18-11-15(17)13-6-8-14(9-7-13)16(3,4)5/h6-9,12,15H,10-11,17H2,1-5H3. The van der Waals surface area contributed by atoms with Crippen molar-refractivity contribution in [2.24, 2.45) is 11.7 Å². The Labute approximate surface area is 117 Å². The summed E-state index contributed by atoms with van der Waals surface area (Å²) in [4.78, 5) is 0. The number of hydrogen-bond acceptors (Lipinski definition) is 2. The number of hydrogen-bond donors (Lipinski definition) is 1. The van der Waals surface area contributed by atoms with E-state index in [2.05, 4.69) is 58.9 Å². The molecule has 0 heterocycles. The molecule has 1 atom stereocenters. The van der Waals surface area contributed by atoms with Gasteiger partial charge in [-0.1, -0.05) is 58.9 Å². The Balaban J connectivity index is 2.56. The monoisotopic (exact) mass is 265 g/mol. The first-order valence-electron chi connectivity index (χ1n) is 6.74. The van der Waals surface area contributed by atoms with Gasteiger partial charge in [0.25, 0.3) is 0 Å². The van der Waals surface area contributed by atoms with Crippen molar-refractivity contribution < 1.29 is 0 Å². The molecule has 0 radical (unpaired) electrons. The van der Waals surface area contributed by atoms with Gasteiger partial charge < -0.3 is 5.73 Å². The molecule has 0 saturated heterocycles. The van der Waals surface area contributed by atoms with Gasteiger partial charge in [-0.2, -0.15) is 11.8 Å². The topological polar surface area (TPSA) is 26.0 Å². The van der Waals surface area contributed by atoms with Crippen LogP contribution < -0.4 is 5.73 Å². The van der Waals surface area contributed by atoms with Crippen LogP contribution in [0.25, 0.3) is 0 Å². The lowest BCUT2D eigenvalue weighted by Gasteiger charge is -2.20. The number of rotatable bonds is 5. The molecular weight excluding hydrogens is 238 g/mol. The fourth-order valence-electron chi connectivity index (χ4n) is 1.76. The molecule has 0 spiro atoms. The molecule has 0 amide bonds. The molecule has 0 fully saturated rings. The van der Waals surface area contributed by atoms with Gasteiger partial charge in [0.2, 0.25) is 0 Å². The Morgan fingerprint density at radius 3 is 2.06 bits per heavy atom. The van der Waals surface area contributed by atoms with Gasteiger partial charge in [0.1, 0.15) is 0 Å². The maximum atomic E-state index is 6.22. The van der Waals surface area contributed by atoms with E-state index in [0.29, 0.717) is 0 Å². The summed E-state index contributed by atoms with van der Waals surface area (Å²) in [5.41, 5.74) is 9.05. The van der Waals surface area contributed by atoms with E-state index in [9.17, 15) is 0 Å². The van der Waals surface area contributed by atoms with E-state index in [0.717, 1.165) is 11.7 Å². The highest BCUT2D eigenvalue weighted by Crippen LogP contribution is 2.24. The van der Waals surface area contributed by atoms with Gasteiger partial charge in [0, 0.05) is 11.8 Å². The lowest BCUT2D eigenvalue weighted by atomic mass is 9.86. The zero-order chi connectivity index (χ0) is 13.8. The molecule has 2 N–H and O–H groups in total. The summed E-state index contributed by atoms with van der Waals surface area (Å²) in [6.45, 7) is 11.2. The molecule has 0 aromatic heterocycles. The number of thioether (sulfide) groups is 1. The summed E-state index contributed by atoms with van der Waals surface area (Å²) >= 11 is 1.95. The molecule has 1 unspecified atom stereocenters. The van der Waals surface area contributed by atoms with Crippen LogP contribution in [-0.2, 0) is 5.41 Å². The SMILES string of the molecule is CC(C)CSCC(N)c1ccc(C(C)(C)C)cc1. The molecule has 2 heteroatoms. The third kappa shape index (κ3) is 5.03. The molecular formula is C16H27NS. The van der Waals surface area contributed by atoms with E-state index in [1.54, 1.807) is 0 Å². The highest BCUT2D eigenvalue weighted by Gasteiger charge is 2.14. The highest BCUT2D eigenvalue weighted by molar-refractivity contribution is 7.99. The first-order chi connectivity index (χ1) is 8.30. The Hall–Kier alpha value is -0.470. The van der Waals surface area contributed by atoms with Gasteiger partial charge in [-0.3, -0.25) is 0 Å². The first-order valence-corrected chi connectivity index (χ1v) is 7.90. The van der Waals surface area contributed by atoms with Gasteiger partial charge in [-0.05, 0) is 28.2 Å². The van der Waals surface area contributed by atoms with Crippen LogP contribution in [0.5, 0.6) is 0 Å². The fourth-order valence-corrected chi connectivity index (χ4v) is 2.81. The Morgan fingerprint density at radius 1 is 1.06 bits per heavy atom. The highest BCUT2D eigenvalue weighted by atomic mass is 32.2. The van der Waals surface area contributed by atoms with Crippen LogP contribution in [0.2, 0.25) is 0 Å². The van der Waals surface area contributed by atoms with Gasteiger partial charge in [0.05, 0.1) is 0 Å². The maximum Gasteiger partial charge on any atom is 0.0386 e. The van der Waals surface area contributed by atoms with Gasteiger partial charge in [-0.15, -0.1) is 0 Å². The minimum atomic E-state index is 0.155. The van der Waals surface area contributed by atoms with Crippen LogP contribution in [0.3, 0.4) is 0 Å². The van der Waals surface area contributed by atoms with E-state index in [4.69, 9.17) is 5.73 Å². The lowest BCUT2D eigenvalue weighted by molar-refractivity contribution is 0.589. The summed E-state index contributed by atoms with van der Waals surface area (Å²) in [5, 5.41) is 0. The number of nitrogens with two attached hydrogens (primary N) is 1. The molecule has 0 saturated carbocycles. The number of benzene rings is 1. The predicted molar refractivity (Wildman–Crippen MR) is 84.2 cm³/mol. The lowest BCUT2D eigenvalue weighted by Crippen LogP contribution is -2.15. The predicted octanol–water partition coefficient (Wildman–Crippen LogP) is 4.37. The van der Waals surface area contributed by atoms with Crippen molar-refractivity contribution in [1.82, 2.24) is 0 Å². The molecule has 0 bridgehead atoms. The molecule has 18 heavy (non-hydrogen) atoms. The minimum absolute atomic E-state index is 0.155. The molecule has 0 aliphatic carbocycles. The largest absolute Gasteiger partial charge is 0.323 e. The minimum Gasteiger partial charge on any atom is -0.323 e. The summed E-state index contributed by atoms with van der Waals surface area (Å²) < 4.78 is 0. The fraction of sp³-hybridized carbons (Fsp3) is 0.625. The second-order valence-electron chi connectivity index (χ2n) is 6.41. The summed E-state index contributed by atoms with van der Waals surface area (Å²) in [7, 11) is 0. The Bertz CT molecular complexity index is 348. The van der Waals surface area contributed by atoms with Crippen LogP contribution >= 0.6 is 11.8 Å². The van der Waals surface area contributed by atoms with E-state index >= 15 is 0 Å². The Kier molecular flexibility index (Phi) is 5.74. The van der Waals surface area contributed by atoms with Crippen LogP contribution in [0.4, 0.5) is 0 Å².